The van der Waals surface area contributed by atoms with E-state index >= 15 is 0 Å². The molecule has 0 atom stereocenters. The number of benzene rings is 2. The summed E-state index contributed by atoms with van der Waals surface area (Å²) in [6.45, 7) is 5.23. The molecule has 5 nitrogen and oxygen atoms in total. The second-order valence-corrected chi connectivity index (χ2v) is 6.80. The van der Waals surface area contributed by atoms with Gasteiger partial charge in [-0.05, 0) is 43.3 Å². The van der Waals surface area contributed by atoms with E-state index in [1.165, 1.54) is 0 Å². The lowest BCUT2D eigenvalue weighted by atomic mass is 10.1. The van der Waals surface area contributed by atoms with Crippen molar-refractivity contribution in [1.29, 1.82) is 0 Å². The summed E-state index contributed by atoms with van der Waals surface area (Å²) in [5.74, 6) is 0.0169. The third-order valence-corrected chi connectivity index (χ3v) is 4.86. The van der Waals surface area contributed by atoms with Crippen molar-refractivity contribution in [3.8, 4) is 0 Å². The number of amides is 1. The Bertz CT molecular complexity index is 784. The normalized spacial score (nSPS) is 14.9. The molecule has 2 aromatic rings. The minimum Gasteiger partial charge on any atom is -0.369 e. The largest absolute Gasteiger partial charge is 0.369 e. The van der Waals surface area contributed by atoms with Gasteiger partial charge in [-0.15, -0.1) is 0 Å². The number of piperazine rings is 1. The van der Waals surface area contributed by atoms with E-state index in [1.807, 2.05) is 36.4 Å². The van der Waals surface area contributed by atoms with Crippen LogP contribution in [-0.2, 0) is 4.79 Å². The lowest BCUT2D eigenvalue weighted by Gasteiger charge is -2.35. The van der Waals surface area contributed by atoms with Gasteiger partial charge in [0.25, 0.3) is 0 Å². The second kappa shape index (κ2) is 8.34. The number of halogens is 1. The average Bonchev–Trinajstić information content (AvgIpc) is 2.64. The van der Waals surface area contributed by atoms with Crippen LogP contribution in [0.1, 0.15) is 17.3 Å². The molecule has 6 heteroatoms. The SMILES string of the molecule is CC(=O)c1ccc(N2CCN(CC(=O)Nc3ccccc3Cl)CC2)cc1. The molecule has 1 saturated heterocycles. The molecular formula is C20H22ClN3O2. The van der Waals surface area contributed by atoms with Crippen molar-refractivity contribution in [1.82, 2.24) is 4.90 Å². The van der Waals surface area contributed by atoms with Gasteiger partial charge in [-0.2, -0.15) is 0 Å². The minimum absolute atomic E-state index is 0.0580. The molecule has 3 rings (SSSR count). The summed E-state index contributed by atoms with van der Waals surface area (Å²) in [5, 5.41) is 3.40. The van der Waals surface area contributed by atoms with Crippen LogP contribution >= 0.6 is 11.6 Å². The third-order valence-electron chi connectivity index (χ3n) is 4.53. The van der Waals surface area contributed by atoms with Crippen LogP contribution in [0.25, 0.3) is 0 Å². The number of para-hydroxylation sites is 1. The van der Waals surface area contributed by atoms with Crippen molar-refractivity contribution in [3.63, 3.8) is 0 Å². The fraction of sp³-hybridized carbons (Fsp3) is 0.300. The number of nitrogens with zero attached hydrogens (tertiary/aromatic N) is 2. The second-order valence-electron chi connectivity index (χ2n) is 6.39. The zero-order valence-electron chi connectivity index (χ0n) is 14.7. The van der Waals surface area contributed by atoms with E-state index in [4.69, 9.17) is 11.6 Å². The number of hydrogen-bond acceptors (Lipinski definition) is 4. The molecule has 0 spiro atoms. The topological polar surface area (TPSA) is 52.7 Å². The van der Waals surface area contributed by atoms with Gasteiger partial charge in [0.1, 0.15) is 0 Å². The van der Waals surface area contributed by atoms with Gasteiger partial charge in [-0.25, -0.2) is 0 Å². The molecule has 0 unspecified atom stereocenters. The van der Waals surface area contributed by atoms with Gasteiger partial charge in [-0.3, -0.25) is 14.5 Å². The highest BCUT2D eigenvalue weighted by Gasteiger charge is 2.19. The first-order valence-electron chi connectivity index (χ1n) is 8.65. The number of ketones is 1. The molecule has 1 amide bonds. The summed E-state index contributed by atoms with van der Waals surface area (Å²) in [6.07, 6.45) is 0. The van der Waals surface area contributed by atoms with Crippen LogP contribution in [0, 0.1) is 0 Å². The molecule has 2 aromatic carbocycles. The maximum absolute atomic E-state index is 12.2. The Morgan fingerprint density at radius 1 is 1.00 bits per heavy atom. The molecule has 26 heavy (non-hydrogen) atoms. The Kier molecular flexibility index (Phi) is 5.91. The highest BCUT2D eigenvalue weighted by Crippen LogP contribution is 2.21. The van der Waals surface area contributed by atoms with E-state index in [9.17, 15) is 9.59 Å². The Labute approximate surface area is 158 Å². The van der Waals surface area contributed by atoms with Crippen LogP contribution in [0.15, 0.2) is 48.5 Å². The quantitative estimate of drug-likeness (QED) is 0.819. The highest BCUT2D eigenvalue weighted by atomic mass is 35.5. The number of nitrogens with one attached hydrogen (secondary N) is 1. The molecule has 1 fully saturated rings. The lowest BCUT2D eigenvalue weighted by molar-refractivity contribution is -0.117. The molecule has 1 heterocycles. The number of Topliss-reactive ketones (excluding diaryl/α,β-unsaturated/α-hetero) is 1. The zero-order valence-corrected chi connectivity index (χ0v) is 15.5. The van der Waals surface area contributed by atoms with Crippen LogP contribution < -0.4 is 10.2 Å². The molecule has 0 radical (unpaired) electrons. The van der Waals surface area contributed by atoms with E-state index in [2.05, 4.69) is 15.1 Å². The van der Waals surface area contributed by atoms with Gasteiger partial charge in [0.2, 0.25) is 5.91 Å². The first kappa shape index (κ1) is 18.4. The van der Waals surface area contributed by atoms with E-state index in [-0.39, 0.29) is 11.7 Å². The molecule has 0 aromatic heterocycles. The first-order chi connectivity index (χ1) is 12.5. The maximum Gasteiger partial charge on any atom is 0.238 e. The van der Waals surface area contributed by atoms with E-state index < -0.39 is 0 Å². The molecule has 0 saturated carbocycles. The van der Waals surface area contributed by atoms with Crippen LogP contribution in [0.5, 0.6) is 0 Å². The minimum atomic E-state index is -0.0580. The van der Waals surface area contributed by atoms with Crippen molar-refractivity contribution >= 4 is 34.7 Å². The fourth-order valence-electron chi connectivity index (χ4n) is 3.03. The van der Waals surface area contributed by atoms with Crippen LogP contribution in [-0.4, -0.2) is 49.3 Å². The maximum atomic E-state index is 12.2. The number of anilines is 2. The highest BCUT2D eigenvalue weighted by molar-refractivity contribution is 6.33. The van der Waals surface area contributed by atoms with Crippen molar-refractivity contribution < 1.29 is 9.59 Å². The van der Waals surface area contributed by atoms with E-state index in [0.29, 0.717) is 17.3 Å². The average molecular weight is 372 g/mol. The van der Waals surface area contributed by atoms with E-state index in [1.54, 1.807) is 19.1 Å². The molecule has 1 aliphatic rings. The van der Waals surface area contributed by atoms with Crippen LogP contribution in [0.3, 0.4) is 0 Å². The monoisotopic (exact) mass is 371 g/mol. The number of carbonyl (C=O) groups excluding carboxylic acids is 2. The summed E-state index contributed by atoms with van der Waals surface area (Å²) < 4.78 is 0. The van der Waals surface area contributed by atoms with Gasteiger partial charge in [-0.1, -0.05) is 23.7 Å². The van der Waals surface area contributed by atoms with Gasteiger partial charge < -0.3 is 10.2 Å². The Morgan fingerprint density at radius 2 is 1.65 bits per heavy atom. The fourth-order valence-corrected chi connectivity index (χ4v) is 3.21. The summed E-state index contributed by atoms with van der Waals surface area (Å²) >= 11 is 6.07. The van der Waals surface area contributed by atoms with Gasteiger partial charge in [0, 0.05) is 37.4 Å². The molecule has 1 N–H and O–H groups in total. The molecule has 0 aliphatic carbocycles. The Morgan fingerprint density at radius 3 is 2.27 bits per heavy atom. The van der Waals surface area contributed by atoms with Gasteiger partial charge in [0.05, 0.1) is 17.3 Å². The molecular weight excluding hydrogens is 350 g/mol. The molecule has 1 aliphatic heterocycles. The van der Waals surface area contributed by atoms with Crippen LogP contribution in [0.4, 0.5) is 11.4 Å². The predicted octanol–water partition coefficient (Wildman–Crippen LogP) is 3.30. The van der Waals surface area contributed by atoms with Crippen molar-refractivity contribution in [3.05, 3.63) is 59.1 Å². The van der Waals surface area contributed by atoms with Gasteiger partial charge >= 0.3 is 0 Å². The predicted molar refractivity (Wildman–Crippen MR) is 105 cm³/mol. The summed E-state index contributed by atoms with van der Waals surface area (Å²) in [4.78, 5) is 28.0. The number of rotatable bonds is 5. The standard InChI is InChI=1S/C20H22ClN3O2/c1-15(25)16-6-8-17(9-7-16)24-12-10-23(11-13-24)14-20(26)22-19-5-3-2-4-18(19)21/h2-9H,10-14H2,1H3,(H,22,26). The smallest absolute Gasteiger partial charge is 0.238 e. The molecule has 136 valence electrons. The van der Waals surface area contributed by atoms with Crippen molar-refractivity contribution in [2.24, 2.45) is 0 Å². The summed E-state index contributed by atoms with van der Waals surface area (Å²) in [6, 6.07) is 14.9. The first-order valence-corrected chi connectivity index (χ1v) is 9.03. The summed E-state index contributed by atoms with van der Waals surface area (Å²) in [7, 11) is 0. The van der Waals surface area contributed by atoms with Crippen molar-refractivity contribution in [2.75, 3.05) is 42.9 Å². The third kappa shape index (κ3) is 4.62. The van der Waals surface area contributed by atoms with Gasteiger partial charge in [0.15, 0.2) is 5.78 Å². The lowest BCUT2D eigenvalue weighted by Crippen LogP contribution is -2.48. The van der Waals surface area contributed by atoms with E-state index in [0.717, 1.165) is 37.4 Å². The number of carbonyl (C=O) groups is 2. The van der Waals surface area contributed by atoms with Crippen molar-refractivity contribution in [2.45, 2.75) is 6.92 Å². The summed E-state index contributed by atoms with van der Waals surface area (Å²) in [5.41, 5.74) is 2.47. The zero-order chi connectivity index (χ0) is 18.5. The Balaban J connectivity index is 1.49. The number of hydrogen-bond donors (Lipinski definition) is 1. The Hall–Kier alpha value is -2.37. The molecule has 0 bridgehead atoms. The van der Waals surface area contributed by atoms with Crippen LogP contribution in [0.2, 0.25) is 5.02 Å².